The number of carbonyl (C=O) groups is 1. The summed E-state index contributed by atoms with van der Waals surface area (Å²) in [5.74, 6) is -0.233. The van der Waals surface area contributed by atoms with Crippen LogP contribution in [-0.4, -0.2) is 48.3 Å². The van der Waals surface area contributed by atoms with E-state index < -0.39 is 0 Å². The summed E-state index contributed by atoms with van der Waals surface area (Å²) in [5.41, 5.74) is 5.27. The number of quaternary nitrogens is 1. The van der Waals surface area contributed by atoms with Crippen LogP contribution in [-0.2, 0) is 4.79 Å². The maximum Gasteiger partial charge on any atom is 0.275 e. The fraction of sp³-hybridized carbons (Fsp3) is 0.875. The van der Waals surface area contributed by atoms with Crippen molar-refractivity contribution < 1.29 is 14.4 Å². The van der Waals surface area contributed by atoms with Crippen molar-refractivity contribution in [2.24, 2.45) is 5.73 Å². The van der Waals surface area contributed by atoms with Gasteiger partial charge in [-0.3, -0.25) is 4.79 Å². The van der Waals surface area contributed by atoms with Crippen molar-refractivity contribution in [3.8, 4) is 0 Å². The Kier molecular flexibility index (Phi) is 2.69. The molecule has 0 aromatic carbocycles. The molecular formula is C8H17N2O2+. The van der Waals surface area contributed by atoms with Crippen LogP contribution in [0.4, 0.5) is 0 Å². The number of likely N-dealkylation sites (N-methyl/N-ethyl adjacent to an activating group) is 1. The first-order valence-electron chi connectivity index (χ1n) is 4.34. The average molecular weight is 173 g/mol. The zero-order valence-corrected chi connectivity index (χ0v) is 7.49. The molecule has 1 fully saturated rings. The van der Waals surface area contributed by atoms with Crippen LogP contribution >= 0.6 is 0 Å². The lowest BCUT2D eigenvalue weighted by Crippen LogP contribution is -2.55. The molecule has 4 nitrogen and oxygen atoms in total. The summed E-state index contributed by atoms with van der Waals surface area (Å²) < 4.78 is 0.617. The standard InChI is InChI=1S/C8H16N2O2/c1-10(5-6-11)4-2-3-7(10)8(9)12/h7,11H,2-6H2,1H3,(H-,9,12)/p+1/t7-,10?/m0/s1. The van der Waals surface area contributed by atoms with Gasteiger partial charge in [-0.1, -0.05) is 0 Å². The van der Waals surface area contributed by atoms with Crippen LogP contribution in [0.2, 0.25) is 0 Å². The van der Waals surface area contributed by atoms with E-state index in [-0.39, 0.29) is 18.6 Å². The Balaban J connectivity index is 2.67. The molecule has 0 saturated carbocycles. The quantitative estimate of drug-likeness (QED) is 0.542. The molecule has 1 saturated heterocycles. The molecule has 4 heteroatoms. The van der Waals surface area contributed by atoms with E-state index in [0.29, 0.717) is 11.0 Å². The van der Waals surface area contributed by atoms with Gasteiger partial charge in [-0.2, -0.15) is 0 Å². The van der Waals surface area contributed by atoms with Crippen LogP contribution in [0.3, 0.4) is 0 Å². The molecule has 0 aromatic rings. The third-order valence-corrected chi connectivity index (χ3v) is 2.84. The number of hydrogen-bond donors (Lipinski definition) is 2. The highest BCUT2D eigenvalue weighted by Crippen LogP contribution is 2.23. The minimum Gasteiger partial charge on any atom is -0.391 e. The maximum absolute atomic E-state index is 11.0. The maximum atomic E-state index is 11.0. The molecule has 12 heavy (non-hydrogen) atoms. The first kappa shape index (κ1) is 9.48. The molecule has 0 aromatic heterocycles. The van der Waals surface area contributed by atoms with Gasteiger partial charge in [0.05, 0.1) is 20.2 Å². The molecule has 3 N–H and O–H groups in total. The van der Waals surface area contributed by atoms with Gasteiger partial charge < -0.3 is 15.3 Å². The zero-order chi connectivity index (χ0) is 9.19. The highest BCUT2D eigenvalue weighted by molar-refractivity contribution is 5.78. The number of rotatable bonds is 3. The normalized spacial score (nSPS) is 35.3. The largest absolute Gasteiger partial charge is 0.391 e. The zero-order valence-electron chi connectivity index (χ0n) is 7.49. The lowest BCUT2D eigenvalue weighted by atomic mass is 10.2. The van der Waals surface area contributed by atoms with Crippen LogP contribution in [0, 0.1) is 0 Å². The summed E-state index contributed by atoms with van der Waals surface area (Å²) in [6, 6.07) is -0.0860. The fourth-order valence-corrected chi connectivity index (χ4v) is 2.06. The number of hydrogen-bond acceptors (Lipinski definition) is 2. The summed E-state index contributed by atoms with van der Waals surface area (Å²) in [6.45, 7) is 1.71. The van der Waals surface area contributed by atoms with Gasteiger partial charge in [0.1, 0.15) is 6.54 Å². The van der Waals surface area contributed by atoms with Gasteiger partial charge in [0.15, 0.2) is 6.04 Å². The molecule has 0 bridgehead atoms. The smallest absolute Gasteiger partial charge is 0.275 e. The number of carbonyl (C=O) groups excluding carboxylic acids is 1. The van der Waals surface area contributed by atoms with Crippen LogP contribution < -0.4 is 5.73 Å². The molecule has 70 valence electrons. The number of primary amides is 1. The summed E-state index contributed by atoms with van der Waals surface area (Å²) in [6.07, 6.45) is 1.90. The van der Waals surface area contributed by atoms with Crippen molar-refractivity contribution in [2.75, 3.05) is 26.7 Å². The molecular weight excluding hydrogens is 156 g/mol. The van der Waals surface area contributed by atoms with Gasteiger partial charge in [-0.15, -0.1) is 0 Å². The van der Waals surface area contributed by atoms with E-state index in [9.17, 15) is 4.79 Å². The fourth-order valence-electron chi connectivity index (χ4n) is 2.06. The van der Waals surface area contributed by atoms with Crippen molar-refractivity contribution in [3.05, 3.63) is 0 Å². The Bertz CT molecular complexity index is 184. The lowest BCUT2D eigenvalue weighted by molar-refractivity contribution is -0.912. The van der Waals surface area contributed by atoms with Gasteiger partial charge in [-0.25, -0.2) is 0 Å². The van der Waals surface area contributed by atoms with Crippen molar-refractivity contribution in [3.63, 3.8) is 0 Å². The number of aliphatic hydroxyl groups is 1. The molecule has 1 heterocycles. The van der Waals surface area contributed by atoms with E-state index >= 15 is 0 Å². The highest BCUT2D eigenvalue weighted by atomic mass is 16.3. The highest BCUT2D eigenvalue weighted by Gasteiger charge is 2.41. The van der Waals surface area contributed by atoms with E-state index in [1.807, 2.05) is 7.05 Å². The van der Waals surface area contributed by atoms with Crippen molar-refractivity contribution in [2.45, 2.75) is 18.9 Å². The number of aliphatic hydroxyl groups excluding tert-OH is 1. The van der Waals surface area contributed by atoms with Gasteiger partial charge in [0.25, 0.3) is 5.91 Å². The third kappa shape index (κ3) is 1.59. The van der Waals surface area contributed by atoms with Gasteiger partial charge in [0.2, 0.25) is 0 Å². The molecule has 1 aliphatic heterocycles. The van der Waals surface area contributed by atoms with E-state index in [0.717, 1.165) is 19.4 Å². The van der Waals surface area contributed by atoms with Crippen molar-refractivity contribution >= 4 is 5.91 Å². The molecule has 2 atom stereocenters. The SMILES string of the molecule is C[N+]1(CCO)CCC[C@H]1C(N)=O. The van der Waals surface area contributed by atoms with Crippen LogP contribution in [0.15, 0.2) is 0 Å². The Morgan fingerprint density at radius 1 is 1.75 bits per heavy atom. The topological polar surface area (TPSA) is 63.3 Å². The first-order valence-corrected chi connectivity index (χ1v) is 4.34. The second-order valence-corrected chi connectivity index (χ2v) is 3.71. The van der Waals surface area contributed by atoms with Crippen molar-refractivity contribution in [1.82, 2.24) is 0 Å². The number of nitrogens with two attached hydrogens (primary N) is 1. The Morgan fingerprint density at radius 2 is 2.42 bits per heavy atom. The number of likely N-dealkylation sites (tertiary alicyclic amines) is 1. The van der Waals surface area contributed by atoms with E-state index in [2.05, 4.69) is 0 Å². The van der Waals surface area contributed by atoms with E-state index in [4.69, 9.17) is 10.8 Å². The van der Waals surface area contributed by atoms with Crippen LogP contribution in [0.1, 0.15) is 12.8 Å². The van der Waals surface area contributed by atoms with Gasteiger partial charge >= 0.3 is 0 Å². The Labute approximate surface area is 72.6 Å². The summed E-state index contributed by atoms with van der Waals surface area (Å²) >= 11 is 0. The Hall–Kier alpha value is -0.610. The minimum atomic E-state index is -0.233. The van der Waals surface area contributed by atoms with Gasteiger partial charge in [0, 0.05) is 12.8 Å². The Morgan fingerprint density at radius 3 is 2.92 bits per heavy atom. The predicted octanol–water partition coefficient (Wildman–Crippen LogP) is -0.927. The molecule has 1 unspecified atom stereocenters. The molecule has 1 aliphatic rings. The molecule has 1 rings (SSSR count). The summed E-state index contributed by atoms with van der Waals surface area (Å²) in [5, 5.41) is 8.82. The van der Waals surface area contributed by atoms with Gasteiger partial charge in [-0.05, 0) is 0 Å². The number of nitrogens with zero attached hydrogens (tertiary/aromatic N) is 1. The molecule has 1 amide bonds. The van der Waals surface area contributed by atoms with Crippen LogP contribution in [0.5, 0.6) is 0 Å². The first-order chi connectivity index (χ1) is 5.60. The lowest BCUT2D eigenvalue weighted by Gasteiger charge is -2.33. The van der Waals surface area contributed by atoms with Crippen molar-refractivity contribution in [1.29, 1.82) is 0 Å². The number of amides is 1. The second-order valence-electron chi connectivity index (χ2n) is 3.71. The molecule has 0 aliphatic carbocycles. The van der Waals surface area contributed by atoms with E-state index in [1.165, 1.54) is 0 Å². The minimum absolute atomic E-state index is 0.0860. The monoisotopic (exact) mass is 173 g/mol. The second kappa shape index (κ2) is 3.41. The predicted molar refractivity (Wildman–Crippen MR) is 45.2 cm³/mol. The van der Waals surface area contributed by atoms with E-state index in [1.54, 1.807) is 0 Å². The summed E-state index contributed by atoms with van der Waals surface area (Å²) in [4.78, 5) is 11.0. The van der Waals surface area contributed by atoms with Crippen LogP contribution in [0.25, 0.3) is 0 Å². The summed E-state index contributed by atoms with van der Waals surface area (Å²) in [7, 11) is 1.98. The molecule has 0 radical (unpaired) electrons. The third-order valence-electron chi connectivity index (χ3n) is 2.84. The molecule has 0 spiro atoms. The average Bonchev–Trinajstić information content (AvgIpc) is 2.32.